The van der Waals surface area contributed by atoms with Crippen LogP contribution in [0.2, 0.25) is 0 Å². The summed E-state index contributed by atoms with van der Waals surface area (Å²) in [4.78, 5) is 11.5. The number of ether oxygens (including phenoxy) is 1. The lowest BCUT2D eigenvalue weighted by molar-refractivity contribution is 0.0523. The molecule has 4 nitrogen and oxygen atoms in total. The van der Waals surface area contributed by atoms with Crippen molar-refractivity contribution in [2.75, 3.05) is 13.1 Å². The Labute approximate surface area is 116 Å². The number of hydrogen-bond donors (Lipinski definition) is 2. The van der Waals surface area contributed by atoms with Crippen LogP contribution in [0.3, 0.4) is 0 Å². The van der Waals surface area contributed by atoms with Crippen molar-refractivity contribution in [1.82, 2.24) is 10.6 Å². The SMILES string of the molecule is CC(CNC(=O)OC(C)(C)C)NCC1(C2CC2)CC1. The summed E-state index contributed by atoms with van der Waals surface area (Å²) >= 11 is 0. The Hall–Kier alpha value is -0.770. The van der Waals surface area contributed by atoms with Gasteiger partial charge in [0.05, 0.1) is 0 Å². The lowest BCUT2D eigenvalue weighted by Gasteiger charge is -2.22. The zero-order valence-corrected chi connectivity index (χ0v) is 12.7. The maximum absolute atomic E-state index is 11.5. The van der Waals surface area contributed by atoms with Crippen LogP contribution in [0.5, 0.6) is 0 Å². The van der Waals surface area contributed by atoms with Gasteiger partial charge in [-0.2, -0.15) is 0 Å². The van der Waals surface area contributed by atoms with Gasteiger partial charge in [0.1, 0.15) is 5.60 Å². The molecule has 0 aromatic rings. The van der Waals surface area contributed by atoms with E-state index in [2.05, 4.69) is 17.6 Å². The molecule has 4 heteroatoms. The van der Waals surface area contributed by atoms with Crippen molar-refractivity contribution in [3.8, 4) is 0 Å². The number of hydrogen-bond acceptors (Lipinski definition) is 3. The molecule has 2 rings (SSSR count). The molecule has 0 aromatic heterocycles. The minimum atomic E-state index is -0.426. The van der Waals surface area contributed by atoms with Crippen molar-refractivity contribution in [2.45, 2.75) is 65.0 Å². The number of carbonyl (C=O) groups excluding carboxylic acids is 1. The van der Waals surface area contributed by atoms with E-state index in [9.17, 15) is 4.79 Å². The number of alkyl carbamates (subject to hydrolysis) is 1. The predicted molar refractivity (Wildman–Crippen MR) is 76.1 cm³/mol. The maximum atomic E-state index is 11.5. The van der Waals surface area contributed by atoms with Crippen LogP contribution in [-0.4, -0.2) is 30.8 Å². The summed E-state index contributed by atoms with van der Waals surface area (Å²) in [6, 6.07) is 0.295. The second-order valence-electron chi connectivity index (χ2n) is 7.30. The van der Waals surface area contributed by atoms with Gasteiger partial charge in [-0.1, -0.05) is 0 Å². The van der Waals surface area contributed by atoms with E-state index in [1.807, 2.05) is 20.8 Å². The monoisotopic (exact) mass is 268 g/mol. The number of nitrogens with one attached hydrogen (secondary N) is 2. The van der Waals surface area contributed by atoms with Crippen LogP contribution in [0.1, 0.15) is 53.4 Å². The van der Waals surface area contributed by atoms with E-state index in [0.717, 1.165) is 12.5 Å². The Balaban J connectivity index is 1.59. The normalized spacial score (nSPS) is 22.7. The first-order chi connectivity index (χ1) is 8.81. The molecule has 1 amide bonds. The molecule has 19 heavy (non-hydrogen) atoms. The summed E-state index contributed by atoms with van der Waals surface area (Å²) in [6.45, 7) is 9.47. The molecular weight excluding hydrogens is 240 g/mol. The molecule has 2 fully saturated rings. The average molecular weight is 268 g/mol. The highest BCUT2D eigenvalue weighted by molar-refractivity contribution is 5.67. The van der Waals surface area contributed by atoms with Crippen LogP contribution in [-0.2, 0) is 4.74 Å². The average Bonchev–Trinajstić information content (AvgIpc) is 3.12. The van der Waals surface area contributed by atoms with Crippen LogP contribution < -0.4 is 10.6 Å². The molecule has 2 saturated carbocycles. The molecule has 2 aliphatic rings. The van der Waals surface area contributed by atoms with Gasteiger partial charge in [-0.15, -0.1) is 0 Å². The van der Waals surface area contributed by atoms with Crippen LogP contribution in [0.4, 0.5) is 4.79 Å². The molecule has 0 bridgehead atoms. The minimum Gasteiger partial charge on any atom is -0.444 e. The Kier molecular flexibility index (Phi) is 4.09. The lowest BCUT2D eigenvalue weighted by atomic mass is 10.0. The van der Waals surface area contributed by atoms with Gasteiger partial charge in [0.2, 0.25) is 0 Å². The molecule has 0 spiro atoms. The Morgan fingerprint density at radius 3 is 2.47 bits per heavy atom. The van der Waals surface area contributed by atoms with Crippen molar-refractivity contribution in [2.24, 2.45) is 11.3 Å². The number of rotatable bonds is 6. The van der Waals surface area contributed by atoms with E-state index < -0.39 is 5.60 Å². The third-order valence-corrected chi connectivity index (χ3v) is 4.09. The predicted octanol–water partition coefficient (Wildman–Crippen LogP) is 2.68. The third-order valence-electron chi connectivity index (χ3n) is 4.09. The van der Waals surface area contributed by atoms with Crippen molar-refractivity contribution >= 4 is 6.09 Å². The van der Waals surface area contributed by atoms with Gasteiger partial charge in [-0.3, -0.25) is 0 Å². The third kappa shape index (κ3) is 4.68. The first-order valence-corrected chi connectivity index (χ1v) is 7.51. The summed E-state index contributed by atoms with van der Waals surface area (Å²) < 4.78 is 5.22. The van der Waals surface area contributed by atoms with Gasteiger partial charge < -0.3 is 15.4 Å². The summed E-state index contributed by atoms with van der Waals surface area (Å²) in [6.07, 6.45) is 5.29. The summed E-state index contributed by atoms with van der Waals surface area (Å²) in [7, 11) is 0. The van der Waals surface area contributed by atoms with E-state index >= 15 is 0 Å². The second kappa shape index (κ2) is 5.31. The topological polar surface area (TPSA) is 50.4 Å². The van der Waals surface area contributed by atoms with Crippen molar-refractivity contribution in [1.29, 1.82) is 0 Å². The highest BCUT2D eigenvalue weighted by atomic mass is 16.6. The van der Waals surface area contributed by atoms with Crippen LogP contribution in [0.15, 0.2) is 0 Å². The van der Waals surface area contributed by atoms with Gasteiger partial charge in [0, 0.05) is 19.1 Å². The van der Waals surface area contributed by atoms with Gasteiger partial charge >= 0.3 is 6.09 Å². The number of amides is 1. The fraction of sp³-hybridized carbons (Fsp3) is 0.933. The second-order valence-corrected chi connectivity index (χ2v) is 7.30. The van der Waals surface area contributed by atoms with Crippen LogP contribution in [0, 0.1) is 11.3 Å². The van der Waals surface area contributed by atoms with E-state index in [1.165, 1.54) is 25.7 Å². The quantitative estimate of drug-likeness (QED) is 0.778. The first kappa shape index (κ1) is 14.6. The maximum Gasteiger partial charge on any atom is 0.407 e. The first-order valence-electron chi connectivity index (χ1n) is 7.51. The minimum absolute atomic E-state index is 0.295. The highest BCUT2D eigenvalue weighted by Gasteiger charge is 2.53. The Bertz CT molecular complexity index is 328. The standard InChI is InChI=1S/C15H28N2O2/c1-11(9-16-13(18)19-14(2,3)4)17-10-15(7-8-15)12-5-6-12/h11-12,17H,5-10H2,1-4H3,(H,16,18). The summed E-state index contributed by atoms with van der Waals surface area (Å²) in [5.41, 5.74) is 0.185. The van der Waals surface area contributed by atoms with E-state index in [-0.39, 0.29) is 6.09 Å². The van der Waals surface area contributed by atoms with E-state index in [0.29, 0.717) is 18.0 Å². The van der Waals surface area contributed by atoms with Gasteiger partial charge in [0.15, 0.2) is 0 Å². The molecule has 0 aromatic carbocycles. The van der Waals surface area contributed by atoms with E-state index in [4.69, 9.17) is 4.74 Å². The number of carbonyl (C=O) groups is 1. The summed E-state index contributed by atoms with van der Waals surface area (Å²) in [5, 5.41) is 6.37. The Morgan fingerprint density at radius 1 is 1.37 bits per heavy atom. The largest absolute Gasteiger partial charge is 0.444 e. The zero-order chi connectivity index (χ0) is 14.1. The molecule has 2 N–H and O–H groups in total. The molecular formula is C15H28N2O2. The van der Waals surface area contributed by atoms with Crippen molar-refractivity contribution < 1.29 is 9.53 Å². The molecule has 0 aliphatic heterocycles. The van der Waals surface area contributed by atoms with E-state index in [1.54, 1.807) is 0 Å². The fourth-order valence-corrected chi connectivity index (χ4v) is 2.59. The zero-order valence-electron chi connectivity index (χ0n) is 12.7. The molecule has 1 atom stereocenters. The molecule has 0 radical (unpaired) electrons. The van der Waals surface area contributed by atoms with Gasteiger partial charge in [-0.25, -0.2) is 4.79 Å². The Morgan fingerprint density at radius 2 is 2.00 bits per heavy atom. The smallest absolute Gasteiger partial charge is 0.407 e. The van der Waals surface area contributed by atoms with Gasteiger partial charge in [-0.05, 0) is 64.7 Å². The molecule has 110 valence electrons. The molecule has 1 unspecified atom stereocenters. The van der Waals surface area contributed by atoms with Gasteiger partial charge in [0.25, 0.3) is 0 Å². The van der Waals surface area contributed by atoms with Crippen molar-refractivity contribution in [3.63, 3.8) is 0 Å². The lowest BCUT2D eigenvalue weighted by Crippen LogP contribution is -2.43. The van der Waals surface area contributed by atoms with Crippen LogP contribution >= 0.6 is 0 Å². The summed E-state index contributed by atoms with van der Waals surface area (Å²) in [5.74, 6) is 0.978. The van der Waals surface area contributed by atoms with Crippen molar-refractivity contribution in [3.05, 3.63) is 0 Å². The van der Waals surface area contributed by atoms with Crippen LogP contribution in [0.25, 0.3) is 0 Å². The highest BCUT2D eigenvalue weighted by Crippen LogP contribution is 2.60. The molecule has 0 saturated heterocycles. The fourth-order valence-electron chi connectivity index (χ4n) is 2.59. The molecule has 2 aliphatic carbocycles. The molecule has 0 heterocycles.